The topological polar surface area (TPSA) is 138 Å². The van der Waals surface area contributed by atoms with E-state index in [4.69, 9.17) is 5.84 Å². The molecule has 3 aromatic heterocycles. The molecule has 3 heterocycles. The van der Waals surface area contributed by atoms with E-state index >= 15 is 0 Å². The van der Waals surface area contributed by atoms with E-state index < -0.39 is 23.8 Å². The van der Waals surface area contributed by atoms with Crippen LogP contribution in [0.25, 0.3) is 21.7 Å². The van der Waals surface area contributed by atoms with Crippen molar-refractivity contribution < 1.29 is 22.8 Å². The molecule has 3 aromatic rings. The number of aromatic nitrogens is 3. The van der Waals surface area contributed by atoms with Crippen molar-refractivity contribution in [1.82, 2.24) is 30.6 Å². The van der Waals surface area contributed by atoms with E-state index in [1.54, 1.807) is 13.0 Å². The number of hydrogen-bond acceptors (Lipinski definition) is 8. The van der Waals surface area contributed by atoms with E-state index in [2.05, 4.69) is 63.6 Å². The minimum absolute atomic E-state index is 0.0686. The minimum atomic E-state index is -4.63. The molecule has 10 nitrogen and oxygen atoms in total. The van der Waals surface area contributed by atoms with Gasteiger partial charge in [-0.25, -0.2) is 20.6 Å². The van der Waals surface area contributed by atoms with Crippen LogP contribution in [0, 0.1) is 0 Å². The summed E-state index contributed by atoms with van der Waals surface area (Å²) in [6.07, 6.45) is -0.514. The largest absolute Gasteiger partial charge is 0.434 e. The Kier molecular flexibility index (Phi) is 10.8. The van der Waals surface area contributed by atoms with Crippen molar-refractivity contribution in [3.05, 3.63) is 46.9 Å². The maximum absolute atomic E-state index is 13.4. The van der Waals surface area contributed by atoms with Gasteiger partial charge in [-0.3, -0.25) is 25.4 Å². The van der Waals surface area contributed by atoms with E-state index in [0.717, 1.165) is 29.7 Å². The Morgan fingerprint density at radius 3 is 2.34 bits per heavy atom. The molecule has 14 heteroatoms. The lowest BCUT2D eigenvalue weighted by atomic mass is 9.96. The predicted molar refractivity (Wildman–Crippen MR) is 153 cm³/mol. The third-order valence-electron chi connectivity index (χ3n) is 6.32. The first kappa shape index (κ1) is 31.9. The Labute approximate surface area is 240 Å². The molecule has 0 fully saturated rings. The molecule has 222 valence electrons. The van der Waals surface area contributed by atoms with Gasteiger partial charge in [-0.15, -0.1) is 11.3 Å². The number of urea groups is 1. The number of rotatable bonds is 11. The van der Waals surface area contributed by atoms with Crippen LogP contribution in [-0.4, -0.2) is 57.0 Å². The number of anilines is 1. The second-order valence-electron chi connectivity index (χ2n) is 9.86. The Morgan fingerprint density at radius 1 is 1.05 bits per heavy atom. The fraction of sp³-hybridized carbons (Fsp3) is 0.444. The Morgan fingerprint density at radius 2 is 1.76 bits per heavy atom. The number of nitrogens with zero attached hydrogens (tertiary/aromatic N) is 4. The zero-order chi connectivity index (χ0) is 30.3. The molecule has 0 aromatic carbocycles. The number of carbonyl (C=O) groups is 2. The summed E-state index contributed by atoms with van der Waals surface area (Å²) in [4.78, 5) is 39.6. The smallest absolute Gasteiger partial charge is 0.338 e. The van der Waals surface area contributed by atoms with Crippen molar-refractivity contribution in [3.63, 3.8) is 0 Å². The minimum Gasteiger partial charge on any atom is -0.338 e. The molecule has 5 N–H and O–H groups in total. The summed E-state index contributed by atoms with van der Waals surface area (Å²) in [6, 6.07) is 3.21. The standard InChI is InChI=1S/C27H35F3N8O2S/c1-6-32-26(40)36-23-11-19(25-35-22(14-41-25)27(28,29)30)20(13-34-23)18-10-17(24(39)37-31)12-33-21(18)8-7-9-38(15(2)3)16(4)5/h10-16H,6-9,31H2,1-5H3,(H,37,39)(H2,32,34,36,40). The van der Waals surface area contributed by atoms with Gasteiger partial charge in [0.2, 0.25) is 0 Å². The van der Waals surface area contributed by atoms with Gasteiger partial charge in [0.05, 0.1) is 5.56 Å². The maximum atomic E-state index is 13.4. The van der Waals surface area contributed by atoms with Crippen LogP contribution in [0.2, 0.25) is 0 Å². The lowest BCUT2D eigenvalue weighted by molar-refractivity contribution is -0.140. The van der Waals surface area contributed by atoms with E-state index in [0.29, 0.717) is 47.4 Å². The molecule has 0 spiro atoms. The number of carbonyl (C=O) groups excluding carboxylic acids is 2. The summed E-state index contributed by atoms with van der Waals surface area (Å²) in [7, 11) is 0. The molecule has 3 rings (SSSR count). The first-order chi connectivity index (χ1) is 19.3. The third kappa shape index (κ3) is 8.21. The quantitative estimate of drug-likeness (QED) is 0.138. The number of hydrogen-bond donors (Lipinski definition) is 4. The number of halogens is 3. The van der Waals surface area contributed by atoms with Gasteiger partial charge >= 0.3 is 12.2 Å². The summed E-state index contributed by atoms with van der Waals surface area (Å²) in [5.74, 6) is 4.89. The van der Waals surface area contributed by atoms with Crippen molar-refractivity contribution in [2.24, 2.45) is 5.84 Å². The van der Waals surface area contributed by atoms with Crippen LogP contribution in [-0.2, 0) is 12.6 Å². The van der Waals surface area contributed by atoms with E-state index in [1.165, 1.54) is 18.5 Å². The molecule has 0 aliphatic rings. The van der Waals surface area contributed by atoms with E-state index in [9.17, 15) is 22.8 Å². The van der Waals surface area contributed by atoms with Gasteiger partial charge < -0.3 is 5.32 Å². The number of nitrogens with one attached hydrogen (secondary N) is 3. The molecule has 0 saturated heterocycles. The molecule has 0 atom stereocenters. The molecule has 0 aliphatic carbocycles. The van der Waals surface area contributed by atoms with Crippen molar-refractivity contribution >= 4 is 29.1 Å². The number of hydrazine groups is 1. The number of thiazole rings is 1. The zero-order valence-electron chi connectivity index (χ0n) is 23.6. The van der Waals surface area contributed by atoms with Gasteiger partial charge in [0.25, 0.3) is 5.91 Å². The zero-order valence-corrected chi connectivity index (χ0v) is 24.4. The van der Waals surface area contributed by atoms with Crippen LogP contribution >= 0.6 is 11.3 Å². The fourth-order valence-electron chi connectivity index (χ4n) is 4.44. The molecular weight excluding hydrogens is 557 g/mol. The van der Waals surface area contributed by atoms with Gasteiger partial charge in [0.15, 0.2) is 5.69 Å². The first-order valence-corrected chi connectivity index (χ1v) is 14.1. The van der Waals surface area contributed by atoms with Crippen molar-refractivity contribution in [3.8, 4) is 21.7 Å². The van der Waals surface area contributed by atoms with E-state index in [-0.39, 0.29) is 16.4 Å². The summed E-state index contributed by atoms with van der Waals surface area (Å²) in [6.45, 7) is 11.4. The van der Waals surface area contributed by atoms with Crippen molar-refractivity contribution in [1.29, 1.82) is 0 Å². The normalized spacial score (nSPS) is 11.8. The van der Waals surface area contributed by atoms with Crippen LogP contribution in [0.5, 0.6) is 0 Å². The second kappa shape index (κ2) is 13.8. The molecule has 3 amide bonds. The highest BCUT2D eigenvalue weighted by Gasteiger charge is 2.34. The van der Waals surface area contributed by atoms with Crippen LogP contribution < -0.4 is 21.9 Å². The lowest BCUT2D eigenvalue weighted by Crippen LogP contribution is -2.37. The number of nitrogens with two attached hydrogens (primary N) is 1. The Bertz CT molecular complexity index is 1350. The highest BCUT2D eigenvalue weighted by Crippen LogP contribution is 2.39. The van der Waals surface area contributed by atoms with Gasteiger partial charge in [-0.05, 0) is 66.1 Å². The number of pyridine rings is 2. The summed E-state index contributed by atoms with van der Waals surface area (Å²) in [5, 5.41) is 6.17. The number of amides is 3. The van der Waals surface area contributed by atoms with Crippen molar-refractivity contribution in [2.45, 2.75) is 65.7 Å². The SMILES string of the molecule is CCNC(=O)Nc1cc(-c2nc(C(F)(F)F)cs2)c(-c2cc(C(=O)NN)cnc2CCCN(C(C)C)C(C)C)cn1. The molecule has 41 heavy (non-hydrogen) atoms. The van der Waals surface area contributed by atoms with Crippen LogP contribution in [0.3, 0.4) is 0 Å². The molecule has 0 radical (unpaired) electrons. The highest BCUT2D eigenvalue weighted by molar-refractivity contribution is 7.13. The lowest BCUT2D eigenvalue weighted by Gasteiger charge is -2.30. The second-order valence-corrected chi connectivity index (χ2v) is 10.7. The van der Waals surface area contributed by atoms with Gasteiger partial charge in [0, 0.05) is 58.8 Å². The van der Waals surface area contributed by atoms with Crippen molar-refractivity contribution in [2.75, 3.05) is 18.4 Å². The van der Waals surface area contributed by atoms with Crippen LogP contribution in [0.4, 0.5) is 23.8 Å². The number of nitrogen functional groups attached to an aromatic ring is 1. The fourth-order valence-corrected chi connectivity index (χ4v) is 5.30. The molecule has 0 saturated carbocycles. The van der Waals surface area contributed by atoms with Gasteiger partial charge in [-0.1, -0.05) is 0 Å². The average molecular weight is 593 g/mol. The molecule has 0 aliphatic heterocycles. The Hall–Kier alpha value is -3.62. The average Bonchev–Trinajstić information content (AvgIpc) is 3.41. The molecule has 0 unspecified atom stereocenters. The molecular formula is C27H35F3N8O2S. The third-order valence-corrected chi connectivity index (χ3v) is 7.19. The molecule has 0 bridgehead atoms. The first-order valence-electron chi connectivity index (χ1n) is 13.2. The van der Waals surface area contributed by atoms with Gasteiger partial charge in [0.1, 0.15) is 10.8 Å². The summed E-state index contributed by atoms with van der Waals surface area (Å²) in [5.41, 5.74) is 3.06. The number of alkyl halides is 3. The van der Waals surface area contributed by atoms with Crippen LogP contribution in [0.15, 0.2) is 29.9 Å². The van der Waals surface area contributed by atoms with E-state index in [1.807, 2.05) is 0 Å². The summed E-state index contributed by atoms with van der Waals surface area (Å²) >= 11 is 0.812. The number of aryl methyl sites for hydroxylation is 1. The highest BCUT2D eigenvalue weighted by atomic mass is 32.1. The van der Waals surface area contributed by atoms with Gasteiger partial charge in [-0.2, -0.15) is 13.2 Å². The predicted octanol–water partition coefficient (Wildman–Crippen LogP) is 5.08. The monoisotopic (exact) mass is 592 g/mol. The summed E-state index contributed by atoms with van der Waals surface area (Å²) < 4.78 is 40.3. The van der Waals surface area contributed by atoms with Crippen LogP contribution in [0.1, 0.15) is 62.8 Å². The maximum Gasteiger partial charge on any atom is 0.434 e. The Balaban J connectivity index is 2.14.